The highest BCUT2D eigenvalue weighted by Gasteiger charge is 2.18. The molecule has 0 saturated carbocycles. The van der Waals surface area contributed by atoms with E-state index in [1.165, 1.54) is 0 Å². The highest BCUT2D eigenvalue weighted by molar-refractivity contribution is 5.71. The third-order valence-corrected chi connectivity index (χ3v) is 5.96. The zero-order valence-electron chi connectivity index (χ0n) is 19.7. The largest absolute Gasteiger partial charge is 0.491 e. The molecule has 0 bridgehead atoms. The van der Waals surface area contributed by atoms with E-state index in [1.807, 2.05) is 12.1 Å². The Kier molecular flexibility index (Phi) is 8.00. The highest BCUT2D eigenvalue weighted by atomic mass is 19.1. The SMILES string of the molecule is CC(N)c1cccc(-c2cc(COc3ccccc3CC(=O)O)cc(OCC3CCCO3)c2)c1F. The minimum atomic E-state index is -0.933. The van der Waals surface area contributed by atoms with Crippen molar-refractivity contribution in [2.24, 2.45) is 5.73 Å². The Balaban J connectivity index is 1.63. The van der Waals surface area contributed by atoms with E-state index in [2.05, 4.69) is 0 Å². The number of halogens is 1. The lowest BCUT2D eigenvalue weighted by atomic mass is 9.97. The van der Waals surface area contributed by atoms with Crippen molar-refractivity contribution in [3.63, 3.8) is 0 Å². The molecule has 1 aliphatic rings. The van der Waals surface area contributed by atoms with Crippen LogP contribution in [0.25, 0.3) is 11.1 Å². The minimum Gasteiger partial charge on any atom is -0.491 e. The van der Waals surface area contributed by atoms with E-state index in [0.29, 0.717) is 40.4 Å². The lowest BCUT2D eigenvalue weighted by molar-refractivity contribution is -0.136. The number of hydrogen-bond donors (Lipinski definition) is 2. The topological polar surface area (TPSA) is 91.0 Å². The molecule has 35 heavy (non-hydrogen) atoms. The maximum Gasteiger partial charge on any atom is 0.307 e. The second-order valence-electron chi connectivity index (χ2n) is 8.78. The quantitative estimate of drug-likeness (QED) is 0.411. The van der Waals surface area contributed by atoms with Crippen LogP contribution in [0.1, 0.15) is 42.5 Å². The van der Waals surface area contributed by atoms with Gasteiger partial charge in [-0.1, -0.05) is 36.4 Å². The Bertz CT molecular complexity index is 1170. The number of nitrogens with two attached hydrogens (primary N) is 1. The molecule has 1 fully saturated rings. The first-order chi connectivity index (χ1) is 16.9. The molecule has 0 aromatic heterocycles. The minimum absolute atomic E-state index is 0.0411. The summed E-state index contributed by atoms with van der Waals surface area (Å²) in [6.45, 7) is 3.05. The van der Waals surface area contributed by atoms with Gasteiger partial charge in [-0.15, -0.1) is 0 Å². The van der Waals surface area contributed by atoms with Gasteiger partial charge >= 0.3 is 5.97 Å². The Morgan fingerprint density at radius 2 is 2.00 bits per heavy atom. The number of carbonyl (C=O) groups is 1. The van der Waals surface area contributed by atoms with E-state index in [4.69, 9.17) is 19.9 Å². The fourth-order valence-electron chi connectivity index (χ4n) is 4.19. The zero-order valence-corrected chi connectivity index (χ0v) is 19.7. The molecule has 2 unspecified atom stereocenters. The maximum absolute atomic E-state index is 15.3. The van der Waals surface area contributed by atoms with Crippen molar-refractivity contribution in [3.05, 3.63) is 83.2 Å². The summed E-state index contributed by atoms with van der Waals surface area (Å²) in [5.41, 5.74) is 8.82. The van der Waals surface area contributed by atoms with Crippen molar-refractivity contribution in [2.75, 3.05) is 13.2 Å². The number of carboxylic acids is 1. The van der Waals surface area contributed by atoms with Gasteiger partial charge in [-0.2, -0.15) is 0 Å². The molecular formula is C28H30FNO5. The monoisotopic (exact) mass is 479 g/mol. The lowest BCUT2D eigenvalue weighted by Crippen LogP contribution is -2.16. The number of rotatable bonds is 10. The zero-order chi connectivity index (χ0) is 24.8. The Hall–Kier alpha value is -3.42. The van der Waals surface area contributed by atoms with Gasteiger partial charge in [0, 0.05) is 29.3 Å². The fourth-order valence-corrected chi connectivity index (χ4v) is 4.19. The maximum atomic E-state index is 15.3. The first kappa shape index (κ1) is 24.7. The molecule has 3 N–H and O–H groups in total. The van der Waals surface area contributed by atoms with Crippen LogP contribution in [-0.4, -0.2) is 30.4 Å². The molecule has 3 aromatic carbocycles. The molecule has 184 valence electrons. The fraction of sp³-hybridized carbons (Fsp3) is 0.321. The van der Waals surface area contributed by atoms with Crippen LogP contribution < -0.4 is 15.2 Å². The number of para-hydroxylation sites is 1. The first-order valence-corrected chi connectivity index (χ1v) is 11.8. The molecule has 0 radical (unpaired) electrons. The average Bonchev–Trinajstić information content (AvgIpc) is 3.35. The molecule has 1 heterocycles. The first-order valence-electron chi connectivity index (χ1n) is 11.8. The van der Waals surface area contributed by atoms with Crippen LogP contribution >= 0.6 is 0 Å². The highest BCUT2D eigenvalue weighted by Crippen LogP contribution is 2.32. The van der Waals surface area contributed by atoms with Gasteiger partial charge in [0.1, 0.15) is 30.5 Å². The summed E-state index contributed by atoms with van der Waals surface area (Å²) in [6, 6.07) is 17.3. The average molecular weight is 480 g/mol. The van der Waals surface area contributed by atoms with Gasteiger partial charge in [0.25, 0.3) is 0 Å². The van der Waals surface area contributed by atoms with Crippen LogP contribution in [0.4, 0.5) is 4.39 Å². The lowest BCUT2D eigenvalue weighted by Gasteiger charge is -2.17. The number of hydrogen-bond acceptors (Lipinski definition) is 5. The van der Waals surface area contributed by atoms with Crippen LogP contribution in [0.2, 0.25) is 0 Å². The second-order valence-corrected chi connectivity index (χ2v) is 8.78. The summed E-state index contributed by atoms with van der Waals surface area (Å²) in [5, 5.41) is 9.19. The molecule has 0 aliphatic carbocycles. The summed E-state index contributed by atoms with van der Waals surface area (Å²) in [7, 11) is 0. The Morgan fingerprint density at radius 1 is 1.17 bits per heavy atom. The standard InChI is InChI=1S/C28H30FNO5/c1-18(30)24-8-4-9-25(28(24)29)21-12-19(13-23(14-21)34-17-22-7-5-11-33-22)16-35-26-10-3-2-6-20(26)15-27(31)32/h2-4,6,8-10,12-14,18,22H,5,7,11,15-17,30H2,1H3,(H,31,32). The molecule has 1 aliphatic heterocycles. The van der Waals surface area contributed by atoms with E-state index in [0.717, 1.165) is 25.0 Å². The molecule has 3 aromatic rings. The Labute approximate surface area is 204 Å². The molecule has 4 rings (SSSR count). The summed E-state index contributed by atoms with van der Waals surface area (Å²) in [5.74, 6) is -0.219. The van der Waals surface area contributed by atoms with Gasteiger partial charge < -0.3 is 25.1 Å². The third-order valence-electron chi connectivity index (χ3n) is 5.96. The predicted octanol–water partition coefficient (Wildman–Crippen LogP) is 5.28. The Morgan fingerprint density at radius 3 is 2.74 bits per heavy atom. The molecule has 1 saturated heterocycles. The van der Waals surface area contributed by atoms with Gasteiger partial charge in [-0.25, -0.2) is 4.39 Å². The van der Waals surface area contributed by atoms with E-state index >= 15 is 4.39 Å². The van der Waals surface area contributed by atoms with Gasteiger partial charge in [0.05, 0.1) is 12.5 Å². The van der Waals surface area contributed by atoms with Crippen LogP contribution in [0.15, 0.2) is 60.7 Å². The van der Waals surface area contributed by atoms with Gasteiger partial charge in [-0.05, 0) is 55.2 Å². The van der Waals surface area contributed by atoms with Crippen LogP contribution in [-0.2, 0) is 22.6 Å². The third kappa shape index (κ3) is 6.38. The molecule has 6 nitrogen and oxygen atoms in total. The van der Waals surface area contributed by atoms with Crippen molar-refractivity contribution < 1.29 is 28.5 Å². The van der Waals surface area contributed by atoms with Crippen molar-refractivity contribution >= 4 is 5.97 Å². The molecule has 7 heteroatoms. The van der Waals surface area contributed by atoms with Crippen LogP contribution in [0.3, 0.4) is 0 Å². The summed E-state index contributed by atoms with van der Waals surface area (Å²) >= 11 is 0. The second kappa shape index (κ2) is 11.3. The van der Waals surface area contributed by atoms with Crippen molar-refractivity contribution in [1.29, 1.82) is 0 Å². The molecule has 2 atom stereocenters. The van der Waals surface area contributed by atoms with Gasteiger partial charge in [0.15, 0.2) is 0 Å². The van der Waals surface area contributed by atoms with Crippen LogP contribution in [0.5, 0.6) is 11.5 Å². The van der Waals surface area contributed by atoms with Gasteiger partial charge in [0.2, 0.25) is 0 Å². The van der Waals surface area contributed by atoms with Crippen molar-refractivity contribution in [1.82, 2.24) is 0 Å². The van der Waals surface area contributed by atoms with E-state index in [-0.39, 0.29) is 24.9 Å². The summed E-state index contributed by atoms with van der Waals surface area (Å²) in [4.78, 5) is 11.2. The number of ether oxygens (including phenoxy) is 3. The number of aliphatic carboxylic acids is 1. The molecule has 0 spiro atoms. The van der Waals surface area contributed by atoms with Crippen molar-refractivity contribution in [2.45, 2.75) is 44.9 Å². The summed E-state index contributed by atoms with van der Waals surface area (Å²) in [6.07, 6.45) is 1.86. The molecule has 0 amide bonds. The van der Waals surface area contributed by atoms with Crippen LogP contribution in [0, 0.1) is 5.82 Å². The smallest absolute Gasteiger partial charge is 0.307 e. The normalized spacial score (nSPS) is 16.1. The predicted molar refractivity (Wildman–Crippen MR) is 131 cm³/mol. The van der Waals surface area contributed by atoms with Crippen molar-refractivity contribution in [3.8, 4) is 22.6 Å². The van der Waals surface area contributed by atoms with E-state index in [1.54, 1.807) is 55.5 Å². The van der Waals surface area contributed by atoms with E-state index in [9.17, 15) is 9.90 Å². The summed E-state index contributed by atoms with van der Waals surface area (Å²) < 4.78 is 33.0. The number of benzene rings is 3. The number of carboxylic acid groups (broad SMARTS) is 1. The molecular weight excluding hydrogens is 449 g/mol. The van der Waals surface area contributed by atoms with Gasteiger partial charge in [-0.3, -0.25) is 4.79 Å². The van der Waals surface area contributed by atoms with E-state index < -0.39 is 12.0 Å².